The van der Waals surface area contributed by atoms with Crippen molar-refractivity contribution in [3.63, 3.8) is 0 Å². The summed E-state index contributed by atoms with van der Waals surface area (Å²) in [6, 6.07) is 3.15. The third-order valence-corrected chi connectivity index (χ3v) is 2.81. The lowest BCUT2D eigenvalue weighted by atomic mass is 10.1. The van der Waals surface area contributed by atoms with Crippen molar-refractivity contribution in [3.8, 4) is 6.07 Å². The summed E-state index contributed by atoms with van der Waals surface area (Å²) in [5, 5.41) is 12.2. The summed E-state index contributed by atoms with van der Waals surface area (Å²) in [6.45, 7) is 0.133. The molecule has 1 aromatic rings. The van der Waals surface area contributed by atoms with E-state index in [-0.39, 0.29) is 6.54 Å². The molecule has 1 aromatic heterocycles. The summed E-state index contributed by atoms with van der Waals surface area (Å²) < 4.78 is 36.9. The molecule has 0 amide bonds. The van der Waals surface area contributed by atoms with Crippen LogP contribution in [0.1, 0.15) is 5.56 Å². The summed E-state index contributed by atoms with van der Waals surface area (Å²) in [7, 11) is 1.58. The second-order valence-corrected chi connectivity index (χ2v) is 4.33. The zero-order valence-electron chi connectivity index (χ0n) is 8.66. The van der Waals surface area contributed by atoms with Crippen LogP contribution in [0.25, 0.3) is 0 Å². The van der Waals surface area contributed by atoms with Gasteiger partial charge in [-0.05, 0) is 29.4 Å². The number of nitrogens with zero attached hydrogens (tertiary/aromatic N) is 2. The van der Waals surface area contributed by atoms with Gasteiger partial charge in [0, 0.05) is 13.1 Å². The first kappa shape index (κ1) is 13.0. The Balaban J connectivity index is 2.51. The van der Waals surface area contributed by atoms with Gasteiger partial charge < -0.3 is 4.90 Å². The minimum Gasteiger partial charge on any atom is -0.300 e. The predicted molar refractivity (Wildman–Crippen MR) is 55.8 cm³/mol. The lowest BCUT2D eigenvalue weighted by molar-refractivity contribution is -0.162. The highest BCUT2D eigenvalue weighted by Gasteiger charge is 2.40. The highest BCUT2D eigenvalue weighted by Crippen LogP contribution is 2.26. The Kier molecular flexibility index (Phi) is 4.33. The fraction of sp³-hybridized carbons (Fsp3) is 0.500. The topological polar surface area (TPSA) is 27.0 Å². The number of hydrogen-bond acceptors (Lipinski definition) is 3. The van der Waals surface area contributed by atoms with E-state index in [1.54, 1.807) is 7.05 Å². The Morgan fingerprint density at radius 2 is 2.25 bits per heavy atom. The normalized spacial score (nSPS) is 13.8. The molecule has 16 heavy (non-hydrogen) atoms. The third kappa shape index (κ3) is 3.83. The van der Waals surface area contributed by atoms with Crippen LogP contribution < -0.4 is 0 Å². The second-order valence-electron chi connectivity index (χ2n) is 3.55. The second kappa shape index (κ2) is 5.32. The van der Waals surface area contributed by atoms with Crippen LogP contribution in [0.4, 0.5) is 13.2 Å². The molecule has 0 saturated carbocycles. The first-order valence-electron chi connectivity index (χ1n) is 4.59. The zero-order chi connectivity index (χ0) is 12.2. The fourth-order valence-electron chi connectivity index (χ4n) is 1.29. The van der Waals surface area contributed by atoms with Gasteiger partial charge in [0.15, 0.2) is 5.92 Å². The molecule has 0 aliphatic heterocycles. The quantitative estimate of drug-likeness (QED) is 0.819. The number of thiophene rings is 1. The molecule has 0 N–H and O–H groups in total. The van der Waals surface area contributed by atoms with E-state index in [0.29, 0.717) is 6.54 Å². The van der Waals surface area contributed by atoms with Crippen molar-refractivity contribution in [3.05, 3.63) is 22.4 Å². The average molecular weight is 248 g/mol. The van der Waals surface area contributed by atoms with E-state index < -0.39 is 12.1 Å². The van der Waals surface area contributed by atoms with E-state index in [4.69, 9.17) is 5.26 Å². The molecule has 0 spiro atoms. The number of alkyl halides is 3. The summed E-state index contributed by atoms with van der Waals surface area (Å²) in [5.74, 6) is -1.92. The third-order valence-electron chi connectivity index (χ3n) is 2.08. The monoisotopic (exact) mass is 248 g/mol. The Labute approximate surface area is 95.9 Å². The van der Waals surface area contributed by atoms with Crippen LogP contribution in [0.15, 0.2) is 16.8 Å². The van der Waals surface area contributed by atoms with Gasteiger partial charge in [-0.2, -0.15) is 29.8 Å². The average Bonchev–Trinajstić information content (AvgIpc) is 2.64. The smallest absolute Gasteiger partial charge is 0.300 e. The maximum atomic E-state index is 12.3. The summed E-state index contributed by atoms with van der Waals surface area (Å²) >= 11 is 1.50. The van der Waals surface area contributed by atoms with Crippen LogP contribution in [-0.4, -0.2) is 24.7 Å². The molecule has 1 rings (SSSR count). The molecule has 6 heteroatoms. The van der Waals surface area contributed by atoms with Crippen LogP contribution in [-0.2, 0) is 6.54 Å². The van der Waals surface area contributed by atoms with Crippen LogP contribution >= 0.6 is 11.3 Å². The molecule has 88 valence electrons. The van der Waals surface area contributed by atoms with Crippen LogP contribution in [0.5, 0.6) is 0 Å². The number of halogens is 3. The van der Waals surface area contributed by atoms with E-state index in [1.807, 2.05) is 16.8 Å². The summed E-state index contributed by atoms with van der Waals surface area (Å²) in [4.78, 5) is 1.50. The number of hydrogen-bond donors (Lipinski definition) is 0. The lowest BCUT2D eigenvalue weighted by Crippen LogP contribution is -2.33. The first-order valence-corrected chi connectivity index (χ1v) is 5.53. The van der Waals surface area contributed by atoms with Crippen LogP contribution in [0, 0.1) is 17.2 Å². The molecule has 1 heterocycles. The van der Waals surface area contributed by atoms with Crippen molar-refractivity contribution in [1.82, 2.24) is 4.90 Å². The van der Waals surface area contributed by atoms with Gasteiger partial charge in [0.05, 0.1) is 6.07 Å². The van der Waals surface area contributed by atoms with E-state index >= 15 is 0 Å². The van der Waals surface area contributed by atoms with E-state index in [9.17, 15) is 13.2 Å². The molecule has 0 fully saturated rings. The Morgan fingerprint density at radius 1 is 1.56 bits per heavy atom. The van der Waals surface area contributed by atoms with Crippen molar-refractivity contribution >= 4 is 11.3 Å². The standard InChI is InChI=1S/C10H11F3N2S/c1-15(5-8-2-3-16-7-8)6-9(4-14)10(11,12)13/h2-3,7,9H,5-6H2,1H3. The van der Waals surface area contributed by atoms with E-state index in [2.05, 4.69) is 0 Å². The molecule has 1 unspecified atom stereocenters. The largest absolute Gasteiger partial charge is 0.405 e. The molecule has 0 aliphatic rings. The molecule has 1 atom stereocenters. The summed E-state index contributed by atoms with van der Waals surface area (Å²) in [6.07, 6.45) is -4.45. The molecular formula is C10H11F3N2S. The van der Waals surface area contributed by atoms with E-state index in [1.165, 1.54) is 22.3 Å². The van der Waals surface area contributed by atoms with Gasteiger partial charge in [0.1, 0.15) is 0 Å². The number of nitriles is 1. The molecule has 0 aliphatic carbocycles. The molecule has 0 aromatic carbocycles. The van der Waals surface area contributed by atoms with Crippen molar-refractivity contribution in [2.75, 3.05) is 13.6 Å². The van der Waals surface area contributed by atoms with Gasteiger partial charge in [-0.3, -0.25) is 0 Å². The van der Waals surface area contributed by atoms with Gasteiger partial charge in [0.25, 0.3) is 0 Å². The Morgan fingerprint density at radius 3 is 2.69 bits per heavy atom. The molecular weight excluding hydrogens is 237 g/mol. The number of rotatable bonds is 4. The highest BCUT2D eigenvalue weighted by molar-refractivity contribution is 7.07. The summed E-state index contributed by atoms with van der Waals surface area (Å²) in [5.41, 5.74) is 0.964. The molecule has 0 saturated heterocycles. The van der Waals surface area contributed by atoms with Gasteiger partial charge in [0.2, 0.25) is 0 Å². The minimum atomic E-state index is -4.45. The SMILES string of the molecule is CN(Cc1ccsc1)CC(C#N)C(F)(F)F. The van der Waals surface area contributed by atoms with Crippen molar-refractivity contribution in [2.45, 2.75) is 12.7 Å². The first-order chi connectivity index (χ1) is 7.43. The Bertz CT molecular complexity index is 353. The van der Waals surface area contributed by atoms with Crippen molar-refractivity contribution < 1.29 is 13.2 Å². The fourth-order valence-corrected chi connectivity index (χ4v) is 1.95. The maximum absolute atomic E-state index is 12.3. The van der Waals surface area contributed by atoms with E-state index in [0.717, 1.165) is 5.56 Å². The highest BCUT2D eigenvalue weighted by atomic mass is 32.1. The van der Waals surface area contributed by atoms with Crippen LogP contribution in [0.3, 0.4) is 0 Å². The molecule has 0 bridgehead atoms. The van der Waals surface area contributed by atoms with Crippen molar-refractivity contribution in [2.24, 2.45) is 5.92 Å². The molecule has 0 radical (unpaired) electrons. The van der Waals surface area contributed by atoms with Crippen LogP contribution in [0.2, 0.25) is 0 Å². The Hall–Kier alpha value is -1.06. The predicted octanol–water partition coefficient (Wildman–Crippen LogP) is 2.88. The van der Waals surface area contributed by atoms with Gasteiger partial charge in [-0.1, -0.05) is 0 Å². The van der Waals surface area contributed by atoms with Gasteiger partial charge >= 0.3 is 6.18 Å². The lowest BCUT2D eigenvalue weighted by Gasteiger charge is -2.20. The molecule has 2 nitrogen and oxygen atoms in total. The maximum Gasteiger partial charge on any atom is 0.405 e. The zero-order valence-corrected chi connectivity index (χ0v) is 9.48. The van der Waals surface area contributed by atoms with Gasteiger partial charge in [-0.15, -0.1) is 0 Å². The minimum absolute atomic E-state index is 0.296. The van der Waals surface area contributed by atoms with Gasteiger partial charge in [-0.25, -0.2) is 0 Å². The van der Waals surface area contributed by atoms with Crippen molar-refractivity contribution in [1.29, 1.82) is 5.26 Å².